The van der Waals surface area contributed by atoms with E-state index in [1.807, 2.05) is 19.1 Å². The Labute approximate surface area is 167 Å². The van der Waals surface area contributed by atoms with Crippen molar-refractivity contribution in [1.82, 2.24) is 5.32 Å². The van der Waals surface area contributed by atoms with Crippen LogP contribution >= 0.6 is 0 Å². The Kier molecular flexibility index (Phi) is 5.38. The highest BCUT2D eigenvalue weighted by Crippen LogP contribution is 2.51. The Morgan fingerprint density at radius 1 is 1.18 bits per heavy atom. The van der Waals surface area contributed by atoms with Gasteiger partial charge in [-0.1, -0.05) is 37.3 Å². The molecule has 0 radical (unpaired) electrons. The van der Waals surface area contributed by atoms with Gasteiger partial charge in [0.25, 0.3) is 5.91 Å². The summed E-state index contributed by atoms with van der Waals surface area (Å²) in [4.78, 5) is 12.4. The van der Waals surface area contributed by atoms with Crippen LogP contribution in [0.3, 0.4) is 0 Å². The Morgan fingerprint density at radius 2 is 2.04 bits per heavy atom. The highest BCUT2D eigenvalue weighted by atomic mass is 16.5. The molecule has 146 valence electrons. The standard InChI is InChI=1S/C24H28N2O2/c1-3-14-25-24(27)16-12-13-21-20(15-16)17-9-7-10-18(17)23(26-21)19-8-5-6-11-22(19)28-4-2/h5-9,11-13,15,17-18,23,26H,3-4,10,14H2,1-2H3,(H,25,27). The van der Waals surface area contributed by atoms with Gasteiger partial charge in [-0.15, -0.1) is 0 Å². The van der Waals surface area contributed by atoms with Crippen molar-refractivity contribution in [3.8, 4) is 5.75 Å². The van der Waals surface area contributed by atoms with E-state index in [0.717, 1.165) is 29.8 Å². The van der Waals surface area contributed by atoms with Gasteiger partial charge in [-0.3, -0.25) is 4.79 Å². The first-order valence-corrected chi connectivity index (χ1v) is 10.3. The zero-order valence-corrected chi connectivity index (χ0v) is 16.6. The van der Waals surface area contributed by atoms with Gasteiger partial charge >= 0.3 is 0 Å². The molecule has 2 aromatic rings. The molecule has 28 heavy (non-hydrogen) atoms. The van der Waals surface area contributed by atoms with Gasteiger partial charge in [0.2, 0.25) is 0 Å². The predicted molar refractivity (Wildman–Crippen MR) is 113 cm³/mol. The van der Waals surface area contributed by atoms with Gasteiger partial charge in [0.1, 0.15) is 5.75 Å². The number of hydrogen-bond acceptors (Lipinski definition) is 3. The van der Waals surface area contributed by atoms with Crippen molar-refractivity contribution in [3.05, 3.63) is 71.3 Å². The number of amides is 1. The normalized spacial score (nSPS) is 22.1. The third-order valence-corrected chi connectivity index (χ3v) is 5.71. The van der Waals surface area contributed by atoms with E-state index in [4.69, 9.17) is 4.74 Å². The van der Waals surface area contributed by atoms with Crippen LogP contribution in [0, 0.1) is 5.92 Å². The maximum Gasteiger partial charge on any atom is 0.251 e. The maximum absolute atomic E-state index is 12.4. The number of ether oxygens (including phenoxy) is 1. The second-order valence-corrected chi connectivity index (χ2v) is 7.50. The molecule has 1 aliphatic carbocycles. The van der Waals surface area contributed by atoms with E-state index < -0.39 is 0 Å². The number of benzene rings is 2. The molecule has 2 aromatic carbocycles. The molecule has 1 amide bonds. The highest BCUT2D eigenvalue weighted by Gasteiger charge is 2.39. The van der Waals surface area contributed by atoms with Crippen LogP contribution in [0.5, 0.6) is 5.75 Å². The minimum Gasteiger partial charge on any atom is -0.494 e. The van der Waals surface area contributed by atoms with Gasteiger partial charge in [-0.05, 0) is 55.5 Å². The van der Waals surface area contributed by atoms with E-state index in [1.54, 1.807) is 0 Å². The summed E-state index contributed by atoms with van der Waals surface area (Å²) in [6, 6.07) is 14.5. The van der Waals surface area contributed by atoms with Gasteiger partial charge in [0, 0.05) is 29.3 Å². The molecular formula is C24H28N2O2. The third-order valence-electron chi connectivity index (χ3n) is 5.71. The van der Waals surface area contributed by atoms with Crippen molar-refractivity contribution in [1.29, 1.82) is 0 Å². The second kappa shape index (κ2) is 8.09. The van der Waals surface area contributed by atoms with E-state index >= 15 is 0 Å². The van der Waals surface area contributed by atoms with Crippen LogP contribution in [-0.2, 0) is 0 Å². The summed E-state index contributed by atoms with van der Waals surface area (Å²) in [7, 11) is 0. The highest BCUT2D eigenvalue weighted by molar-refractivity contribution is 5.95. The van der Waals surface area contributed by atoms with Gasteiger partial charge in [-0.2, -0.15) is 0 Å². The lowest BCUT2D eigenvalue weighted by molar-refractivity contribution is 0.0953. The fraction of sp³-hybridized carbons (Fsp3) is 0.375. The number of carbonyl (C=O) groups is 1. The molecule has 3 atom stereocenters. The minimum atomic E-state index is 0.00647. The number of anilines is 1. The molecule has 1 aliphatic heterocycles. The molecule has 0 spiro atoms. The summed E-state index contributed by atoms with van der Waals surface area (Å²) in [6.07, 6.45) is 6.53. The average molecular weight is 377 g/mol. The van der Waals surface area contributed by atoms with Crippen molar-refractivity contribution in [2.75, 3.05) is 18.5 Å². The van der Waals surface area contributed by atoms with Crippen molar-refractivity contribution < 1.29 is 9.53 Å². The molecule has 0 aromatic heterocycles. The number of fused-ring (bicyclic) bond motifs is 3. The van der Waals surface area contributed by atoms with Crippen LogP contribution in [0.2, 0.25) is 0 Å². The molecule has 2 N–H and O–H groups in total. The summed E-state index contributed by atoms with van der Waals surface area (Å²) in [5, 5.41) is 6.72. The topological polar surface area (TPSA) is 50.4 Å². The summed E-state index contributed by atoms with van der Waals surface area (Å²) in [5.41, 5.74) is 4.27. The number of rotatable bonds is 6. The molecule has 2 aliphatic rings. The quantitative estimate of drug-likeness (QED) is 0.694. The van der Waals surface area contributed by atoms with Gasteiger partial charge < -0.3 is 15.4 Å². The molecule has 0 saturated heterocycles. The van der Waals surface area contributed by atoms with E-state index in [9.17, 15) is 4.79 Å². The summed E-state index contributed by atoms with van der Waals surface area (Å²) < 4.78 is 5.90. The van der Waals surface area contributed by atoms with Crippen LogP contribution in [-0.4, -0.2) is 19.1 Å². The van der Waals surface area contributed by atoms with Crippen LogP contribution in [0.15, 0.2) is 54.6 Å². The predicted octanol–water partition coefficient (Wildman–Crippen LogP) is 5.05. The lowest BCUT2D eigenvalue weighted by Crippen LogP contribution is -2.30. The number of nitrogens with one attached hydrogen (secondary N) is 2. The fourth-order valence-corrected chi connectivity index (χ4v) is 4.41. The average Bonchev–Trinajstić information content (AvgIpc) is 3.22. The summed E-state index contributed by atoms with van der Waals surface area (Å²) in [5.74, 6) is 1.69. The Morgan fingerprint density at radius 3 is 2.86 bits per heavy atom. The lowest BCUT2D eigenvalue weighted by Gasteiger charge is -2.38. The fourth-order valence-electron chi connectivity index (χ4n) is 4.41. The first-order valence-electron chi connectivity index (χ1n) is 10.3. The number of carbonyl (C=O) groups excluding carboxylic acids is 1. The Bertz CT molecular complexity index is 890. The monoisotopic (exact) mass is 376 g/mol. The molecular weight excluding hydrogens is 348 g/mol. The van der Waals surface area contributed by atoms with E-state index in [0.29, 0.717) is 25.0 Å². The SMILES string of the molecule is CCCNC(=O)c1ccc2c(c1)C1C=CCC1C(c1ccccc1OCC)N2. The molecule has 0 bridgehead atoms. The Hall–Kier alpha value is -2.75. The first-order chi connectivity index (χ1) is 13.7. The van der Waals surface area contributed by atoms with Crippen LogP contribution in [0.1, 0.15) is 60.1 Å². The van der Waals surface area contributed by atoms with Crippen molar-refractivity contribution in [3.63, 3.8) is 0 Å². The lowest BCUT2D eigenvalue weighted by atomic mass is 9.76. The van der Waals surface area contributed by atoms with Crippen molar-refractivity contribution >= 4 is 11.6 Å². The molecule has 0 saturated carbocycles. The van der Waals surface area contributed by atoms with Gasteiger partial charge in [0.15, 0.2) is 0 Å². The van der Waals surface area contributed by atoms with E-state index in [2.05, 4.69) is 60.0 Å². The molecule has 0 fully saturated rings. The van der Waals surface area contributed by atoms with Crippen molar-refractivity contribution in [2.45, 2.75) is 38.6 Å². The molecule has 4 rings (SSSR count). The summed E-state index contributed by atoms with van der Waals surface area (Å²) in [6.45, 7) is 5.44. The zero-order chi connectivity index (χ0) is 19.5. The van der Waals surface area contributed by atoms with Crippen LogP contribution in [0.4, 0.5) is 5.69 Å². The summed E-state index contributed by atoms with van der Waals surface area (Å²) >= 11 is 0. The first kappa shape index (κ1) is 18.6. The smallest absolute Gasteiger partial charge is 0.251 e. The zero-order valence-electron chi connectivity index (χ0n) is 16.6. The Balaban J connectivity index is 1.68. The van der Waals surface area contributed by atoms with Crippen LogP contribution < -0.4 is 15.4 Å². The number of hydrogen-bond donors (Lipinski definition) is 2. The molecule has 4 nitrogen and oxygen atoms in total. The third kappa shape index (κ3) is 3.39. The molecule has 1 heterocycles. The maximum atomic E-state index is 12.4. The number of allylic oxidation sites excluding steroid dienone is 2. The number of para-hydroxylation sites is 1. The molecule has 4 heteroatoms. The van der Waals surface area contributed by atoms with Gasteiger partial charge in [-0.25, -0.2) is 0 Å². The van der Waals surface area contributed by atoms with E-state index in [1.165, 1.54) is 11.1 Å². The van der Waals surface area contributed by atoms with Crippen molar-refractivity contribution in [2.24, 2.45) is 5.92 Å². The minimum absolute atomic E-state index is 0.00647. The van der Waals surface area contributed by atoms with Crippen LogP contribution in [0.25, 0.3) is 0 Å². The van der Waals surface area contributed by atoms with Gasteiger partial charge in [0.05, 0.1) is 12.6 Å². The largest absolute Gasteiger partial charge is 0.494 e. The van der Waals surface area contributed by atoms with E-state index in [-0.39, 0.29) is 11.9 Å². The second-order valence-electron chi connectivity index (χ2n) is 7.50. The molecule has 3 unspecified atom stereocenters.